The first-order valence-electron chi connectivity index (χ1n) is 5.79. The summed E-state index contributed by atoms with van der Waals surface area (Å²) in [5.74, 6) is 1.67. The van der Waals surface area contributed by atoms with Gasteiger partial charge in [0.2, 0.25) is 0 Å². The second kappa shape index (κ2) is 5.57. The summed E-state index contributed by atoms with van der Waals surface area (Å²) in [5.41, 5.74) is 0. The fourth-order valence-corrected chi connectivity index (χ4v) is 2.24. The maximum Gasteiger partial charge on any atom is 1.00 e. The summed E-state index contributed by atoms with van der Waals surface area (Å²) >= 11 is 0. The van der Waals surface area contributed by atoms with Gasteiger partial charge in [0.15, 0.2) is 0 Å². The second-order valence-electron chi connectivity index (χ2n) is 4.12. The second-order valence-corrected chi connectivity index (χ2v) is 4.12. The van der Waals surface area contributed by atoms with Crippen LogP contribution in [0, 0.1) is 6.07 Å². The van der Waals surface area contributed by atoms with Crippen LogP contribution < -0.4 is 28.3 Å². The van der Waals surface area contributed by atoms with Crippen molar-refractivity contribution in [3.05, 3.63) is 48.5 Å². The van der Waals surface area contributed by atoms with Crippen molar-refractivity contribution >= 4 is 21.5 Å². The molecule has 90 valence electrons. The Morgan fingerprint density at radius 3 is 1.68 bits per heavy atom. The summed E-state index contributed by atoms with van der Waals surface area (Å²) in [6, 6.07) is 17.5. The maximum absolute atomic E-state index is 5.38. The molecule has 0 saturated heterocycles. The third kappa shape index (κ3) is 2.30. The van der Waals surface area contributed by atoms with Crippen LogP contribution in [0.5, 0.6) is 11.5 Å². The molecule has 0 unspecified atom stereocenters. The zero-order chi connectivity index (χ0) is 12.5. The van der Waals surface area contributed by atoms with Crippen molar-refractivity contribution in [2.45, 2.75) is 0 Å². The molecule has 0 spiro atoms. The molecule has 0 aliphatic heterocycles. The smallest absolute Gasteiger partial charge is 0.531 e. The van der Waals surface area contributed by atoms with Gasteiger partial charge in [-0.25, -0.2) is 0 Å². The van der Waals surface area contributed by atoms with Crippen molar-refractivity contribution in [1.29, 1.82) is 0 Å². The largest absolute Gasteiger partial charge is 1.00 e. The molecule has 0 aromatic heterocycles. The summed E-state index contributed by atoms with van der Waals surface area (Å²) in [7, 11) is 3.35. The molecule has 0 heterocycles. The topological polar surface area (TPSA) is 18.5 Å². The van der Waals surface area contributed by atoms with E-state index < -0.39 is 0 Å². The van der Waals surface area contributed by atoms with Gasteiger partial charge in [0.1, 0.15) is 0 Å². The van der Waals surface area contributed by atoms with E-state index in [0.29, 0.717) is 0 Å². The predicted octanol–water partition coefficient (Wildman–Crippen LogP) is 0.814. The number of benzene rings is 3. The molecule has 2 nitrogen and oxygen atoms in total. The van der Waals surface area contributed by atoms with Crippen LogP contribution in [-0.4, -0.2) is 14.2 Å². The van der Waals surface area contributed by atoms with Crippen molar-refractivity contribution in [3.8, 4) is 11.5 Å². The average Bonchev–Trinajstić information content (AvgIpc) is 2.43. The van der Waals surface area contributed by atoms with Gasteiger partial charge in [0, 0.05) is 0 Å². The van der Waals surface area contributed by atoms with Crippen molar-refractivity contribution in [3.63, 3.8) is 0 Å². The Morgan fingerprint density at radius 2 is 1.26 bits per heavy atom. The first kappa shape index (κ1) is 13.8. The number of ether oxygens (including phenoxy) is 2. The Balaban J connectivity index is 0.00000133. The molecule has 0 saturated carbocycles. The molecule has 0 atom stereocenters. The zero-order valence-electron chi connectivity index (χ0n) is 11.4. The van der Waals surface area contributed by atoms with Crippen LogP contribution in [0.3, 0.4) is 0 Å². The van der Waals surface area contributed by atoms with Crippen molar-refractivity contribution in [2.24, 2.45) is 0 Å². The molecule has 3 aromatic carbocycles. The van der Waals surface area contributed by atoms with Crippen LogP contribution in [0.2, 0.25) is 0 Å². The van der Waals surface area contributed by atoms with Gasteiger partial charge in [-0.1, -0.05) is 57.9 Å². The Kier molecular flexibility index (Phi) is 4.04. The van der Waals surface area contributed by atoms with E-state index in [4.69, 9.17) is 9.47 Å². The van der Waals surface area contributed by atoms with E-state index in [0.717, 1.165) is 33.0 Å². The Bertz CT molecular complexity index is 663. The minimum absolute atomic E-state index is 0. The third-order valence-electron chi connectivity index (χ3n) is 3.12. The molecule has 3 rings (SSSR count). The van der Waals surface area contributed by atoms with E-state index in [2.05, 4.69) is 24.3 Å². The fourth-order valence-electron chi connectivity index (χ4n) is 2.24. The summed E-state index contributed by atoms with van der Waals surface area (Å²) in [5, 5.41) is 4.21. The summed E-state index contributed by atoms with van der Waals surface area (Å²) < 4.78 is 10.8. The molecular formula is C16H13LiO2. The van der Waals surface area contributed by atoms with Crippen LogP contribution in [0.4, 0.5) is 0 Å². The van der Waals surface area contributed by atoms with Crippen molar-refractivity contribution in [1.82, 2.24) is 0 Å². The standard InChI is InChI=1S/C16H13O2.Li/c1-17-15-7-3-5-11-9-12-6-4-8-16(18-2)14(12)10-13(11)15;/h3-9H,1-2H3;/q-1;+1. The van der Waals surface area contributed by atoms with Crippen LogP contribution in [-0.2, 0) is 0 Å². The summed E-state index contributed by atoms with van der Waals surface area (Å²) in [4.78, 5) is 0. The molecule has 0 N–H and O–H groups in total. The number of hydrogen-bond acceptors (Lipinski definition) is 2. The fraction of sp³-hybridized carbons (Fsp3) is 0.125. The molecule has 3 aromatic rings. The van der Waals surface area contributed by atoms with E-state index in [1.54, 1.807) is 14.2 Å². The molecule has 0 amide bonds. The Hall–Kier alpha value is -1.62. The minimum Gasteiger partial charge on any atom is -0.531 e. The quantitative estimate of drug-likeness (QED) is 0.377. The number of hydrogen-bond donors (Lipinski definition) is 0. The molecule has 0 radical (unpaired) electrons. The van der Waals surface area contributed by atoms with Gasteiger partial charge in [-0.05, 0) is 0 Å². The van der Waals surface area contributed by atoms with Gasteiger partial charge in [-0.3, -0.25) is 0 Å². The van der Waals surface area contributed by atoms with E-state index in [1.807, 2.05) is 24.3 Å². The molecule has 19 heavy (non-hydrogen) atoms. The van der Waals surface area contributed by atoms with Gasteiger partial charge >= 0.3 is 18.9 Å². The monoisotopic (exact) mass is 244 g/mol. The van der Waals surface area contributed by atoms with E-state index in [-0.39, 0.29) is 18.9 Å². The summed E-state index contributed by atoms with van der Waals surface area (Å²) in [6.45, 7) is 0. The first-order valence-corrected chi connectivity index (χ1v) is 5.79. The first-order chi connectivity index (χ1) is 8.83. The Morgan fingerprint density at radius 1 is 0.789 bits per heavy atom. The van der Waals surface area contributed by atoms with E-state index >= 15 is 0 Å². The maximum atomic E-state index is 5.38. The van der Waals surface area contributed by atoms with Gasteiger partial charge in [-0.15, -0.1) is 12.1 Å². The average molecular weight is 244 g/mol. The van der Waals surface area contributed by atoms with Crippen molar-refractivity contribution < 1.29 is 28.3 Å². The van der Waals surface area contributed by atoms with Crippen molar-refractivity contribution in [2.75, 3.05) is 14.2 Å². The van der Waals surface area contributed by atoms with Gasteiger partial charge in [-0.2, -0.15) is 0 Å². The number of rotatable bonds is 2. The molecule has 0 bridgehead atoms. The van der Waals surface area contributed by atoms with Crippen LogP contribution >= 0.6 is 0 Å². The summed E-state index contributed by atoms with van der Waals surface area (Å²) in [6.07, 6.45) is 0. The van der Waals surface area contributed by atoms with Crippen LogP contribution in [0.15, 0.2) is 42.5 Å². The molecule has 0 aliphatic carbocycles. The van der Waals surface area contributed by atoms with Crippen LogP contribution in [0.1, 0.15) is 0 Å². The van der Waals surface area contributed by atoms with E-state index in [9.17, 15) is 0 Å². The van der Waals surface area contributed by atoms with Crippen LogP contribution in [0.25, 0.3) is 21.5 Å². The molecular weight excluding hydrogens is 231 g/mol. The molecule has 0 aliphatic rings. The molecule has 3 heteroatoms. The van der Waals surface area contributed by atoms with E-state index in [1.165, 1.54) is 0 Å². The number of fused-ring (bicyclic) bond motifs is 2. The van der Waals surface area contributed by atoms with Gasteiger partial charge in [0.05, 0.1) is 25.7 Å². The number of methoxy groups -OCH3 is 2. The normalized spacial score (nSPS) is 10.2. The third-order valence-corrected chi connectivity index (χ3v) is 3.12. The molecule has 0 fully saturated rings. The zero-order valence-corrected chi connectivity index (χ0v) is 11.4. The Labute approximate surface area is 124 Å². The van der Waals surface area contributed by atoms with Gasteiger partial charge < -0.3 is 9.47 Å². The predicted molar refractivity (Wildman–Crippen MR) is 73.4 cm³/mol. The minimum atomic E-state index is 0. The SMILES string of the molecule is COc1cccc2cc3cccc(OC)c3[c-]c12.[Li+]. The van der Waals surface area contributed by atoms with Gasteiger partial charge in [0.25, 0.3) is 0 Å².